The van der Waals surface area contributed by atoms with Gasteiger partial charge in [0.25, 0.3) is 0 Å². The molecule has 2 rings (SSSR count). The van der Waals surface area contributed by atoms with Gasteiger partial charge >= 0.3 is 0 Å². The summed E-state index contributed by atoms with van der Waals surface area (Å²) in [6, 6.07) is 0. The third kappa shape index (κ3) is 2.89. The first kappa shape index (κ1) is 14.3. The fourth-order valence-corrected chi connectivity index (χ4v) is 3.09. The number of hydrogen-bond donors (Lipinski definition) is 1. The quantitative estimate of drug-likeness (QED) is 0.834. The molecule has 0 radical (unpaired) electrons. The molecule has 2 saturated heterocycles. The summed E-state index contributed by atoms with van der Waals surface area (Å²) in [6.07, 6.45) is 5.34. The van der Waals surface area contributed by atoms with Crippen LogP contribution in [0.4, 0.5) is 0 Å². The van der Waals surface area contributed by atoms with Gasteiger partial charge in [0.2, 0.25) is 0 Å². The summed E-state index contributed by atoms with van der Waals surface area (Å²) >= 11 is 0. The molecule has 0 saturated carbocycles. The third-order valence-electron chi connectivity index (χ3n) is 5.19. The number of ether oxygens (including phenoxy) is 1. The first-order valence-electron chi connectivity index (χ1n) is 7.63. The zero-order valence-electron chi connectivity index (χ0n) is 12.6. The van der Waals surface area contributed by atoms with Gasteiger partial charge in [-0.15, -0.1) is 0 Å². The van der Waals surface area contributed by atoms with Crippen LogP contribution in [-0.2, 0) is 4.74 Å². The molecule has 0 aliphatic carbocycles. The maximum atomic E-state index is 5.83. The van der Waals surface area contributed by atoms with E-state index in [1.807, 2.05) is 0 Å². The van der Waals surface area contributed by atoms with Crippen LogP contribution < -0.4 is 5.32 Å². The minimum atomic E-state index is 0.271. The van der Waals surface area contributed by atoms with Crippen LogP contribution in [-0.4, -0.2) is 48.3 Å². The predicted molar refractivity (Wildman–Crippen MR) is 75.9 cm³/mol. The van der Waals surface area contributed by atoms with E-state index in [1.54, 1.807) is 0 Å². The molecule has 2 heterocycles. The highest BCUT2D eigenvalue weighted by Gasteiger charge is 2.41. The fraction of sp³-hybridized carbons (Fsp3) is 1.00. The van der Waals surface area contributed by atoms with Crippen molar-refractivity contribution in [3.8, 4) is 0 Å². The van der Waals surface area contributed by atoms with Crippen molar-refractivity contribution in [2.45, 2.75) is 70.6 Å². The van der Waals surface area contributed by atoms with E-state index in [2.05, 4.69) is 37.9 Å². The first-order valence-corrected chi connectivity index (χ1v) is 7.63. The Morgan fingerprint density at radius 2 is 2.06 bits per heavy atom. The van der Waals surface area contributed by atoms with Gasteiger partial charge in [0, 0.05) is 37.3 Å². The van der Waals surface area contributed by atoms with Crippen molar-refractivity contribution in [3.05, 3.63) is 0 Å². The van der Waals surface area contributed by atoms with E-state index in [0.29, 0.717) is 11.6 Å². The van der Waals surface area contributed by atoms with Gasteiger partial charge in [0.1, 0.15) is 0 Å². The van der Waals surface area contributed by atoms with Crippen molar-refractivity contribution in [2.24, 2.45) is 0 Å². The lowest BCUT2D eigenvalue weighted by Crippen LogP contribution is -2.68. The highest BCUT2D eigenvalue weighted by atomic mass is 16.5. The molecule has 0 aromatic carbocycles. The molecule has 2 aliphatic heterocycles. The molecule has 2 fully saturated rings. The summed E-state index contributed by atoms with van der Waals surface area (Å²) < 4.78 is 5.83. The van der Waals surface area contributed by atoms with Gasteiger partial charge in [-0.1, -0.05) is 13.8 Å². The smallest absolute Gasteiger partial charge is 0.0703 e. The largest absolute Gasteiger partial charge is 0.377 e. The summed E-state index contributed by atoms with van der Waals surface area (Å²) in [6.45, 7) is 13.7. The maximum absolute atomic E-state index is 5.83. The van der Waals surface area contributed by atoms with Gasteiger partial charge < -0.3 is 10.1 Å². The molecular weight excluding hydrogens is 224 g/mol. The molecule has 18 heavy (non-hydrogen) atoms. The van der Waals surface area contributed by atoms with E-state index >= 15 is 0 Å². The first-order chi connectivity index (χ1) is 8.51. The number of rotatable bonds is 4. The Kier molecular flexibility index (Phi) is 4.35. The summed E-state index contributed by atoms with van der Waals surface area (Å²) in [5, 5.41) is 3.76. The van der Waals surface area contributed by atoms with Crippen LogP contribution >= 0.6 is 0 Å². The van der Waals surface area contributed by atoms with Crippen molar-refractivity contribution >= 4 is 0 Å². The zero-order chi connectivity index (χ0) is 13.2. The van der Waals surface area contributed by atoms with E-state index in [-0.39, 0.29) is 5.54 Å². The van der Waals surface area contributed by atoms with Gasteiger partial charge in [-0.25, -0.2) is 0 Å². The summed E-state index contributed by atoms with van der Waals surface area (Å²) in [5.41, 5.74) is 0.563. The standard InChI is InChI=1S/C15H30N2O/c1-5-14(3)12-17(10-13-8-7-9-18-13)15(4,6-2)11-16-14/h13,16H,5-12H2,1-4H3. The Hall–Kier alpha value is -0.120. The van der Waals surface area contributed by atoms with Crippen LogP contribution in [0, 0.1) is 0 Å². The minimum absolute atomic E-state index is 0.271. The van der Waals surface area contributed by atoms with Gasteiger partial charge in [-0.05, 0) is 39.5 Å². The molecule has 3 atom stereocenters. The molecule has 3 unspecified atom stereocenters. The van der Waals surface area contributed by atoms with Gasteiger partial charge in [-0.2, -0.15) is 0 Å². The van der Waals surface area contributed by atoms with Gasteiger partial charge in [0.05, 0.1) is 6.10 Å². The molecule has 2 aliphatic rings. The average Bonchev–Trinajstić information content (AvgIpc) is 2.87. The van der Waals surface area contributed by atoms with Gasteiger partial charge in [0.15, 0.2) is 0 Å². The molecule has 0 aromatic heterocycles. The highest BCUT2D eigenvalue weighted by molar-refractivity contribution is 5.01. The number of hydrogen-bond acceptors (Lipinski definition) is 3. The lowest BCUT2D eigenvalue weighted by Gasteiger charge is -2.52. The predicted octanol–water partition coefficient (Wildman–Crippen LogP) is 2.41. The molecular formula is C15H30N2O. The van der Waals surface area contributed by atoms with Crippen LogP contribution in [0.1, 0.15) is 53.4 Å². The average molecular weight is 254 g/mol. The van der Waals surface area contributed by atoms with Crippen molar-refractivity contribution in [3.63, 3.8) is 0 Å². The maximum Gasteiger partial charge on any atom is 0.0703 e. The second kappa shape index (κ2) is 5.48. The van der Waals surface area contributed by atoms with E-state index in [1.165, 1.54) is 25.7 Å². The molecule has 0 spiro atoms. The number of nitrogens with one attached hydrogen (secondary N) is 1. The zero-order valence-corrected chi connectivity index (χ0v) is 12.6. The van der Waals surface area contributed by atoms with Crippen molar-refractivity contribution in [2.75, 3.05) is 26.2 Å². The molecule has 0 bridgehead atoms. The Morgan fingerprint density at radius 3 is 2.61 bits per heavy atom. The molecule has 0 amide bonds. The third-order valence-corrected chi connectivity index (χ3v) is 5.19. The van der Waals surface area contributed by atoms with Crippen molar-refractivity contribution < 1.29 is 4.74 Å². The Bertz CT molecular complexity index is 278. The summed E-state index contributed by atoms with van der Waals surface area (Å²) in [7, 11) is 0. The SMILES string of the molecule is CCC1(C)CN(CC2CCCO2)C(C)(CC)CN1. The summed E-state index contributed by atoms with van der Waals surface area (Å²) in [4.78, 5) is 2.68. The molecule has 3 nitrogen and oxygen atoms in total. The Labute approximate surface area is 112 Å². The highest BCUT2D eigenvalue weighted by Crippen LogP contribution is 2.29. The monoisotopic (exact) mass is 254 g/mol. The van der Waals surface area contributed by atoms with Crippen LogP contribution in [0.15, 0.2) is 0 Å². The van der Waals surface area contributed by atoms with Crippen molar-refractivity contribution in [1.29, 1.82) is 0 Å². The number of piperazine rings is 1. The Morgan fingerprint density at radius 1 is 1.28 bits per heavy atom. The lowest BCUT2D eigenvalue weighted by atomic mass is 9.85. The lowest BCUT2D eigenvalue weighted by molar-refractivity contribution is -0.0212. The van der Waals surface area contributed by atoms with E-state index < -0.39 is 0 Å². The van der Waals surface area contributed by atoms with Gasteiger partial charge in [-0.3, -0.25) is 4.90 Å². The molecule has 106 valence electrons. The second-order valence-corrected chi connectivity index (χ2v) is 6.63. The van der Waals surface area contributed by atoms with E-state index in [0.717, 1.165) is 26.2 Å². The molecule has 1 N–H and O–H groups in total. The van der Waals surface area contributed by atoms with E-state index in [9.17, 15) is 0 Å². The van der Waals surface area contributed by atoms with Crippen LogP contribution in [0.2, 0.25) is 0 Å². The molecule has 0 aromatic rings. The second-order valence-electron chi connectivity index (χ2n) is 6.63. The van der Waals surface area contributed by atoms with Crippen LogP contribution in [0.5, 0.6) is 0 Å². The number of nitrogens with zero attached hydrogens (tertiary/aromatic N) is 1. The van der Waals surface area contributed by atoms with Crippen LogP contribution in [0.3, 0.4) is 0 Å². The molecule has 3 heteroatoms. The van der Waals surface area contributed by atoms with Crippen LogP contribution in [0.25, 0.3) is 0 Å². The minimum Gasteiger partial charge on any atom is -0.377 e. The van der Waals surface area contributed by atoms with E-state index in [4.69, 9.17) is 4.74 Å². The Balaban J connectivity index is 2.04. The normalized spacial score (nSPS) is 42.3. The summed E-state index contributed by atoms with van der Waals surface area (Å²) in [5.74, 6) is 0. The topological polar surface area (TPSA) is 24.5 Å². The van der Waals surface area contributed by atoms with Crippen molar-refractivity contribution in [1.82, 2.24) is 10.2 Å². The fourth-order valence-electron chi connectivity index (χ4n) is 3.09.